The molecule has 0 aliphatic rings. The lowest BCUT2D eigenvalue weighted by Crippen LogP contribution is -1.84. The Bertz CT molecular complexity index is 58.8. The summed E-state index contributed by atoms with van der Waals surface area (Å²) < 4.78 is 0. The van der Waals surface area contributed by atoms with E-state index in [2.05, 4.69) is 18.5 Å². The third-order valence-electron chi connectivity index (χ3n) is 0.413. The van der Waals surface area contributed by atoms with E-state index in [-0.39, 0.29) is 0 Å². The van der Waals surface area contributed by atoms with Gasteiger partial charge in [0, 0.05) is 11.7 Å². The molecule has 0 radical (unpaired) electrons. The van der Waals surface area contributed by atoms with Crippen LogP contribution in [0.1, 0.15) is 13.3 Å². The predicted molar refractivity (Wildman–Crippen MR) is 31.9 cm³/mol. The van der Waals surface area contributed by atoms with Crippen LogP contribution in [0.5, 0.6) is 0 Å². The van der Waals surface area contributed by atoms with Crippen molar-refractivity contribution in [3.63, 3.8) is 0 Å². The summed E-state index contributed by atoms with van der Waals surface area (Å²) in [5.74, 6) is 2.49. The van der Waals surface area contributed by atoms with Crippen molar-refractivity contribution in [2.75, 3.05) is 0 Å². The van der Waals surface area contributed by atoms with Crippen molar-refractivity contribution in [1.82, 2.24) is 0 Å². The molecule has 0 aliphatic heterocycles. The molecule has 0 bridgehead atoms. The Morgan fingerprint density at radius 3 is 2.50 bits per heavy atom. The monoisotopic (exact) mass is 100 g/mol. The SMILES string of the molecule is C#CCC(C)S. The molecule has 0 spiro atoms. The average molecular weight is 100 g/mol. The molecular weight excluding hydrogens is 92.1 g/mol. The van der Waals surface area contributed by atoms with Crippen LogP contribution in [0, 0.1) is 12.3 Å². The molecule has 0 aromatic carbocycles. The predicted octanol–water partition coefficient (Wildman–Crippen LogP) is 1.33. The second kappa shape index (κ2) is 3.11. The fourth-order valence-corrected chi connectivity index (χ4v) is 0.276. The zero-order valence-electron chi connectivity index (χ0n) is 3.81. The van der Waals surface area contributed by atoms with E-state index in [0.29, 0.717) is 5.25 Å². The van der Waals surface area contributed by atoms with Crippen molar-refractivity contribution in [3.05, 3.63) is 0 Å². The molecule has 0 nitrogen and oxygen atoms in total. The average Bonchev–Trinajstić information content (AvgIpc) is 1.35. The van der Waals surface area contributed by atoms with Gasteiger partial charge in [-0.25, -0.2) is 0 Å². The Labute approximate surface area is 44.4 Å². The molecule has 1 heteroatoms. The van der Waals surface area contributed by atoms with Crippen LogP contribution in [0.25, 0.3) is 0 Å². The van der Waals surface area contributed by atoms with Gasteiger partial charge in [-0.05, 0) is 0 Å². The number of terminal acetylenes is 1. The second-order valence-corrected chi connectivity index (χ2v) is 2.14. The van der Waals surface area contributed by atoms with Gasteiger partial charge < -0.3 is 0 Å². The molecule has 0 N–H and O–H groups in total. The normalized spacial score (nSPS) is 12.8. The smallest absolute Gasteiger partial charge is 0.0200 e. The Balaban J connectivity index is 2.88. The van der Waals surface area contributed by atoms with Crippen molar-refractivity contribution in [2.24, 2.45) is 0 Å². The van der Waals surface area contributed by atoms with Crippen LogP contribution in [-0.2, 0) is 0 Å². The zero-order chi connectivity index (χ0) is 4.99. The van der Waals surface area contributed by atoms with Crippen LogP contribution < -0.4 is 0 Å². The Morgan fingerprint density at radius 1 is 2.00 bits per heavy atom. The largest absolute Gasteiger partial charge is 0.175 e. The molecule has 34 valence electrons. The van der Waals surface area contributed by atoms with Crippen LogP contribution in [0.4, 0.5) is 0 Å². The Kier molecular flexibility index (Phi) is 3.07. The van der Waals surface area contributed by atoms with Gasteiger partial charge in [0.2, 0.25) is 0 Å². The van der Waals surface area contributed by atoms with Gasteiger partial charge >= 0.3 is 0 Å². The van der Waals surface area contributed by atoms with Crippen LogP contribution in [0.2, 0.25) is 0 Å². The minimum atomic E-state index is 0.356. The Morgan fingerprint density at radius 2 is 2.50 bits per heavy atom. The molecule has 0 fully saturated rings. The van der Waals surface area contributed by atoms with Crippen LogP contribution in [-0.4, -0.2) is 5.25 Å². The first kappa shape index (κ1) is 5.91. The molecule has 0 saturated heterocycles. The quantitative estimate of drug-likeness (QED) is 0.373. The van der Waals surface area contributed by atoms with Crippen LogP contribution in [0.15, 0.2) is 0 Å². The van der Waals surface area contributed by atoms with Crippen molar-refractivity contribution < 1.29 is 0 Å². The topological polar surface area (TPSA) is 0 Å². The van der Waals surface area contributed by atoms with Gasteiger partial charge in [0.1, 0.15) is 0 Å². The molecule has 0 amide bonds. The second-order valence-electron chi connectivity index (χ2n) is 1.26. The van der Waals surface area contributed by atoms with E-state index in [1.165, 1.54) is 0 Å². The first-order chi connectivity index (χ1) is 2.77. The first-order valence-electron chi connectivity index (χ1n) is 1.89. The van der Waals surface area contributed by atoms with E-state index >= 15 is 0 Å². The first-order valence-corrected chi connectivity index (χ1v) is 2.40. The van der Waals surface area contributed by atoms with Crippen LogP contribution >= 0.6 is 12.6 Å². The summed E-state index contributed by atoms with van der Waals surface area (Å²) in [7, 11) is 0. The molecule has 1 atom stereocenters. The van der Waals surface area contributed by atoms with Crippen molar-refractivity contribution >= 4 is 12.6 Å². The molecule has 0 saturated carbocycles. The van der Waals surface area contributed by atoms with Gasteiger partial charge in [0.25, 0.3) is 0 Å². The van der Waals surface area contributed by atoms with Gasteiger partial charge in [-0.15, -0.1) is 12.3 Å². The number of thiol groups is 1. The van der Waals surface area contributed by atoms with Gasteiger partial charge in [0.15, 0.2) is 0 Å². The molecule has 0 aromatic heterocycles. The molecule has 6 heavy (non-hydrogen) atoms. The Hall–Kier alpha value is -0.0900. The highest BCUT2D eigenvalue weighted by molar-refractivity contribution is 7.80. The highest BCUT2D eigenvalue weighted by atomic mass is 32.1. The fourth-order valence-electron chi connectivity index (χ4n) is 0.171. The summed E-state index contributed by atoms with van der Waals surface area (Å²) in [5.41, 5.74) is 0. The van der Waals surface area contributed by atoms with E-state index in [1.54, 1.807) is 0 Å². The summed E-state index contributed by atoms with van der Waals surface area (Å²) in [6.45, 7) is 1.98. The molecule has 0 rings (SSSR count). The molecule has 0 aliphatic carbocycles. The van der Waals surface area contributed by atoms with E-state index in [0.717, 1.165) is 6.42 Å². The minimum Gasteiger partial charge on any atom is -0.175 e. The number of hydrogen-bond donors (Lipinski definition) is 1. The van der Waals surface area contributed by atoms with Crippen molar-refractivity contribution in [2.45, 2.75) is 18.6 Å². The third kappa shape index (κ3) is 3.91. The van der Waals surface area contributed by atoms with E-state index in [9.17, 15) is 0 Å². The number of hydrogen-bond acceptors (Lipinski definition) is 1. The summed E-state index contributed by atoms with van der Waals surface area (Å²) in [4.78, 5) is 0. The highest BCUT2D eigenvalue weighted by Gasteiger charge is 1.84. The third-order valence-corrected chi connectivity index (χ3v) is 0.596. The highest BCUT2D eigenvalue weighted by Crippen LogP contribution is 1.94. The maximum Gasteiger partial charge on any atom is 0.0200 e. The van der Waals surface area contributed by atoms with Gasteiger partial charge in [-0.3, -0.25) is 0 Å². The van der Waals surface area contributed by atoms with E-state index in [4.69, 9.17) is 6.42 Å². The molecule has 0 aromatic rings. The molecule has 1 unspecified atom stereocenters. The van der Waals surface area contributed by atoms with Gasteiger partial charge in [-0.2, -0.15) is 12.6 Å². The lowest BCUT2D eigenvalue weighted by Gasteiger charge is -1.89. The maximum absolute atomic E-state index is 4.93. The summed E-state index contributed by atoms with van der Waals surface area (Å²) >= 11 is 4.04. The fraction of sp³-hybridized carbons (Fsp3) is 0.600. The lowest BCUT2D eigenvalue weighted by molar-refractivity contribution is 1.02. The summed E-state index contributed by atoms with van der Waals surface area (Å²) in [5, 5.41) is 0.356. The maximum atomic E-state index is 4.93. The molecular formula is C5H8S. The number of rotatable bonds is 1. The van der Waals surface area contributed by atoms with Crippen molar-refractivity contribution in [1.29, 1.82) is 0 Å². The van der Waals surface area contributed by atoms with E-state index < -0.39 is 0 Å². The molecule has 0 heterocycles. The summed E-state index contributed by atoms with van der Waals surface area (Å²) in [6, 6.07) is 0. The van der Waals surface area contributed by atoms with Crippen molar-refractivity contribution in [3.8, 4) is 12.3 Å². The zero-order valence-corrected chi connectivity index (χ0v) is 4.70. The standard InChI is InChI=1S/C5H8S/c1-3-4-5(2)6/h1,5-6H,4H2,2H3. The lowest BCUT2D eigenvalue weighted by atomic mass is 10.3. The summed E-state index contributed by atoms with van der Waals surface area (Å²) in [6.07, 6.45) is 5.70. The minimum absolute atomic E-state index is 0.356. The van der Waals surface area contributed by atoms with E-state index in [1.807, 2.05) is 6.92 Å². The van der Waals surface area contributed by atoms with Gasteiger partial charge in [0.05, 0.1) is 0 Å². The van der Waals surface area contributed by atoms with Crippen LogP contribution in [0.3, 0.4) is 0 Å². The van der Waals surface area contributed by atoms with Gasteiger partial charge in [-0.1, -0.05) is 6.92 Å².